The molecular formula is C13H16O3. The van der Waals surface area contributed by atoms with E-state index in [9.17, 15) is 4.79 Å². The quantitative estimate of drug-likeness (QED) is 0.850. The first-order valence-electron chi connectivity index (χ1n) is 5.68. The van der Waals surface area contributed by atoms with Gasteiger partial charge in [-0.2, -0.15) is 0 Å². The van der Waals surface area contributed by atoms with Crippen LogP contribution < -0.4 is 4.74 Å². The third kappa shape index (κ3) is 2.18. The number of rotatable bonds is 3. The third-order valence-corrected chi connectivity index (χ3v) is 2.92. The Morgan fingerprint density at radius 3 is 3.06 bits per heavy atom. The van der Waals surface area contributed by atoms with Crippen molar-refractivity contribution in [3.63, 3.8) is 0 Å². The van der Waals surface area contributed by atoms with Crippen LogP contribution in [0.1, 0.15) is 24.5 Å². The average Bonchev–Trinajstić information content (AvgIpc) is 2.28. The second-order valence-electron chi connectivity index (χ2n) is 4.24. The lowest BCUT2D eigenvalue weighted by atomic mass is 9.94. The molecule has 0 fully saturated rings. The highest BCUT2D eigenvalue weighted by Crippen LogP contribution is 2.28. The zero-order valence-electron chi connectivity index (χ0n) is 9.40. The van der Waals surface area contributed by atoms with E-state index in [0.29, 0.717) is 6.42 Å². The average molecular weight is 220 g/mol. The van der Waals surface area contributed by atoms with E-state index in [0.717, 1.165) is 24.2 Å². The van der Waals surface area contributed by atoms with Gasteiger partial charge in [0.05, 0.1) is 5.92 Å². The Hall–Kier alpha value is -1.51. The van der Waals surface area contributed by atoms with Crippen molar-refractivity contribution in [2.45, 2.75) is 26.2 Å². The summed E-state index contributed by atoms with van der Waals surface area (Å²) < 4.78 is 5.45. The number of aryl methyl sites for hydroxylation is 1. The van der Waals surface area contributed by atoms with Crippen molar-refractivity contribution < 1.29 is 14.6 Å². The molecule has 1 atom stereocenters. The molecule has 1 aromatic carbocycles. The maximum atomic E-state index is 10.9. The van der Waals surface area contributed by atoms with Gasteiger partial charge in [-0.25, -0.2) is 0 Å². The highest BCUT2D eigenvalue weighted by molar-refractivity contribution is 5.71. The van der Waals surface area contributed by atoms with Gasteiger partial charge in [0, 0.05) is 0 Å². The molecule has 1 aliphatic heterocycles. The minimum atomic E-state index is -0.772. The monoisotopic (exact) mass is 220 g/mol. The Labute approximate surface area is 95.0 Å². The molecule has 1 aliphatic rings. The predicted molar refractivity (Wildman–Crippen MR) is 60.8 cm³/mol. The second kappa shape index (κ2) is 4.56. The molecule has 0 radical (unpaired) electrons. The molecule has 0 spiro atoms. The van der Waals surface area contributed by atoms with Crippen molar-refractivity contribution in [1.82, 2.24) is 0 Å². The summed E-state index contributed by atoms with van der Waals surface area (Å²) in [7, 11) is 0. The van der Waals surface area contributed by atoms with Crippen LogP contribution in [0.15, 0.2) is 18.2 Å². The van der Waals surface area contributed by atoms with Crippen molar-refractivity contribution in [3.8, 4) is 5.75 Å². The molecule has 0 aromatic heterocycles. The minimum Gasteiger partial charge on any atom is -0.492 e. The maximum absolute atomic E-state index is 10.9. The SMILES string of the molecule is CCCc1ccc2c(c1)CC(C(=O)O)CO2. The largest absolute Gasteiger partial charge is 0.492 e. The van der Waals surface area contributed by atoms with Gasteiger partial charge in [0.15, 0.2) is 0 Å². The van der Waals surface area contributed by atoms with Crippen molar-refractivity contribution in [1.29, 1.82) is 0 Å². The molecule has 1 N–H and O–H groups in total. The number of hydrogen-bond donors (Lipinski definition) is 1. The number of carboxylic acid groups (broad SMARTS) is 1. The molecule has 0 saturated heterocycles. The summed E-state index contributed by atoms with van der Waals surface area (Å²) in [5.74, 6) is -0.326. The Kier molecular flexibility index (Phi) is 3.13. The first-order valence-corrected chi connectivity index (χ1v) is 5.68. The number of hydrogen-bond acceptors (Lipinski definition) is 2. The number of ether oxygens (including phenoxy) is 1. The Balaban J connectivity index is 2.21. The Bertz CT molecular complexity index is 398. The van der Waals surface area contributed by atoms with E-state index in [1.165, 1.54) is 5.56 Å². The van der Waals surface area contributed by atoms with Crippen molar-refractivity contribution in [2.24, 2.45) is 5.92 Å². The highest BCUT2D eigenvalue weighted by atomic mass is 16.5. The van der Waals surface area contributed by atoms with Crippen LogP contribution in [0, 0.1) is 5.92 Å². The predicted octanol–water partition coefficient (Wildman–Crippen LogP) is 2.27. The molecule has 0 saturated carbocycles. The van der Waals surface area contributed by atoms with Crippen LogP contribution in [-0.4, -0.2) is 17.7 Å². The van der Waals surface area contributed by atoms with Gasteiger partial charge in [0.1, 0.15) is 12.4 Å². The number of fused-ring (bicyclic) bond motifs is 1. The lowest BCUT2D eigenvalue weighted by Gasteiger charge is -2.23. The normalized spacial score (nSPS) is 18.7. The van der Waals surface area contributed by atoms with E-state index in [-0.39, 0.29) is 6.61 Å². The molecule has 1 unspecified atom stereocenters. The summed E-state index contributed by atoms with van der Waals surface area (Å²) in [6.07, 6.45) is 2.72. The van der Waals surface area contributed by atoms with Gasteiger partial charge in [-0.15, -0.1) is 0 Å². The fraction of sp³-hybridized carbons (Fsp3) is 0.462. The van der Waals surface area contributed by atoms with Crippen molar-refractivity contribution >= 4 is 5.97 Å². The van der Waals surface area contributed by atoms with Crippen LogP contribution >= 0.6 is 0 Å². The molecular weight excluding hydrogens is 204 g/mol. The van der Waals surface area contributed by atoms with E-state index < -0.39 is 11.9 Å². The third-order valence-electron chi connectivity index (χ3n) is 2.92. The summed E-state index contributed by atoms with van der Waals surface area (Å²) in [6.45, 7) is 2.42. The molecule has 0 amide bonds. The van der Waals surface area contributed by atoms with Gasteiger partial charge in [0.2, 0.25) is 0 Å². The number of carbonyl (C=O) groups is 1. The Morgan fingerprint density at radius 2 is 2.38 bits per heavy atom. The molecule has 16 heavy (non-hydrogen) atoms. The van der Waals surface area contributed by atoms with E-state index in [1.54, 1.807) is 0 Å². The summed E-state index contributed by atoms with van der Waals surface area (Å²) in [4.78, 5) is 10.9. The first kappa shape index (κ1) is 11.0. The van der Waals surface area contributed by atoms with Crippen LogP contribution in [0.25, 0.3) is 0 Å². The first-order chi connectivity index (χ1) is 7.70. The van der Waals surface area contributed by atoms with Crippen LogP contribution in [0.3, 0.4) is 0 Å². The molecule has 86 valence electrons. The van der Waals surface area contributed by atoms with Gasteiger partial charge >= 0.3 is 5.97 Å². The van der Waals surface area contributed by atoms with Crippen LogP contribution in [0.4, 0.5) is 0 Å². The molecule has 3 heteroatoms. The zero-order chi connectivity index (χ0) is 11.5. The smallest absolute Gasteiger partial charge is 0.310 e. The van der Waals surface area contributed by atoms with E-state index in [2.05, 4.69) is 19.1 Å². The molecule has 2 rings (SSSR count). The lowest BCUT2D eigenvalue weighted by Crippen LogP contribution is -2.27. The summed E-state index contributed by atoms with van der Waals surface area (Å²) >= 11 is 0. The van der Waals surface area contributed by atoms with Gasteiger partial charge < -0.3 is 9.84 Å². The van der Waals surface area contributed by atoms with Crippen LogP contribution in [-0.2, 0) is 17.6 Å². The van der Waals surface area contributed by atoms with Gasteiger partial charge in [-0.3, -0.25) is 4.79 Å². The zero-order valence-corrected chi connectivity index (χ0v) is 9.40. The number of aliphatic carboxylic acids is 1. The standard InChI is InChI=1S/C13H16O3/c1-2-3-9-4-5-12-10(6-9)7-11(8-16-12)13(14)15/h4-6,11H,2-3,7-8H2,1H3,(H,14,15). The van der Waals surface area contributed by atoms with Crippen LogP contribution in [0.2, 0.25) is 0 Å². The molecule has 3 nitrogen and oxygen atoms in total. The fourth-order valence-electron chi connectivity index (χ4n) is 2.05. The van der Waals surface area contributed by atoms with Crippen molar-refractivity contribution in [3.05, 3.63) is 29.3 Å². The summed E-state index contributed by atoms with van der Waals surface area (Å²) in [5.41, 5.74) is 2.29. The van der Waals surface area contributed by atoms with Crippen molar-refractivity contribution in [2.75, 3.05) is 6.61 Å². The van der Waals surface area contributed by atoms with Gasteiger partial charge in [-0.1, -0.05) is 25.5 Å². The molecule has 1 heterocycles. The highest BCUT2D eigenvalue weighted by Gasteiger charge is 2.25. The van der Waals surface area contributed by atoms with E-state index >= 15 is 0 Å². The topological polar surface area (TPSA) is 46.5 Å². The maximum Gasteiger partial charge on any atom is 0.310 e. The fourth-order valence-corrected chi connectivity index (χ4v) is 2.05. The minimum absolute atomic E-state index is 0.287. The summed E-state index contributed by atoms with van der Waals surface area (Å²) in [5, 5.41) is 8.96. The van der Waals surface area contributed by atoms with E-state index in [1.807, 2.05) is 6.07 Å². The summed E-state index contributed by atoms with van der Waals surface area (Å²) in [6, 6.07) is 6.09. The van der Waals surface area contributed by atoms with Crippen LogP contribution in [0.5, 0.6) is 5.75 Å². The number of carboxylic acids is 1. The van der Waals surface area contributed by atoms with E-state index in [4.69, 9.17) is 9.84 Å². The Morgan fingerprint density at radius 1 is 1.56 bits per heavy atom. The second-order valence-corrected chi connectivity index (χ2v) is 4.24. The molecule has 0 bridgehead atoms. The van der Waals surface area contributed by atoms with Gasteiger partial charge in [-0.05, 0) is 30.0 Å². The molecule has 1 aromatic rings. The lowest BCUT2D eigenvalue weighted by molar-refractivity contribution is -0.143. The molecule has 0 aliphatic carbocycles. The number of benzene rings is 1. The van der Waals surface area contributed by atoms with Gasteiger partial charge in [0.25, 0.3) is 0 Å².